The molecule has 1 aliphatic carbocycles. The lowest BCUT2D eigenvalue weighted by Crippen LogP contribution is -2.09. The van der Waals surface area contributed by atoms with Crippen molar-refractivity contribution in [3.63, 3.8) is 0 Å². The summed E-state index contributed by atoms with van der Waals surface area (Å²) in [6, 6.07) is 6.26. The highest BCUT2D eigenvalue weighted by Crippen LogP contribution is 2.38. The SMILES string of the molecule is Clc1ccc2c(c1)C(CCC1CCCCC1)CN2. The summed E-state index contributed by atoms with van der Waals surface area (Å²) in [5, 5.41) is 4.38. The Morgan fingerprint density at radius 2 is 1.94 bits per heavy atom. The lowest BCUT2D eigenvalue weighted by Gasteiger charge is -2.22. The summed E-state index contributed by atoms with van der Waals surface area (Å²) in [4.78, 5) is 0. The van der Waals surface area contributed by atoms with Crippen molar-refractivity contribution in [1.82, 2.24) is 0 Å². The lowest BCUT2D eigenvalue weighted by atomic mass is 9.83. The van der Waals surface area contributed by atoms with E-state index in [0.717, 1.165) is 17.5 Å². The van der Waals surface area contributed by atoms with Gasteiger partial charge in [0.2, 0.25) is 0 Å². The second-order valence-corrected chi connectivity index (χ2v) is 6.33. The van der Waals surface area contributed by atoms with E-state index in [1.807, 2.05) is 6.07 Å². The van der Waals surface area contributed by atoms with Gasteiger partial charge in [-0.25, -0.2) is 0 Å². The molecule has 1 saturated carbocycles. The molecular weight excluding hydrogens is 242 g/mol. The maximum Gasteiger partial charge on any atom is 0.0410 e. The van der Waals surface area contributed by atoms with Crippen molar-refractivity contribution < 1.29 is 0 Å². The first-order chi connectivity index (χ1) is 8.83. The van der Waals surface area contributed by atoms with E-state index < -0.39 is 0 Å². The normalized spacial score (nSPS) is 23.7. The maximum absolute atomic E-state index is 6.11. The summed E-state index contributed by atoms with van der Waals surface area (Å²) in [6.45, 7) is 1.10. The molecule has 18 heavy (non-hydrogen) atoms. The quantitative estimate of drug-likeness (QED) is 0.789. The highest BCUT2D eigenvalue weighted by molar-refractivity contribution is 6.30. The molecule has 0 amide bonds. The van der Waals surface area contributed by atoms with Crippen molar-refractivity contribution in [3.8, 4) is 0 Å². The summed E-state index contributed by atoms with van der Waals surface area (Å²) in [5.41, 5.74) is 2.74. The van der Waals surface area contributed by atoms with Gasteiger partial charge < -0.3 is 5.32 Å². The summed E-state index contributed by atoms with van der Waals surface area (Å²) < 4.78 is 0. The minimum atomic E-state index is 0.681. The number of rotatable bonds is 3. The van der Waals surface area contributed by atoms with Crippen LogP contribution in [0.3, 0.4) is 0 Å². The third-order valence-electron chi connectivity index (χ3n) is 4.64. The highest BCUT2D eigenvalue weighted by Gasteiger charge is 2.23. The number of hydrogen-bond donors (Lipinski definition) is 1. The van der Waals surface area contributed by atoms with Crippen LogP contribution in [-0.2, 0) is 0 Å². The molecule has 0 spiro atoms. The Labute approximate surface area is 115 Å². The number of halogens is 1. The number of fused-ring (bicyclic) bond motifs is 1. The van der Waals surface area contributed by atoms with Crippen molar-refractivity contribution in [2.75, 3.05) is 11.9 Å². The summed E-state index contributed by atoms with van der Waals surface area (Å²) in [5.74, 6) is 1.67. The minimum absolute atomic E-state index is 0.681. The monoisotopic (exact) mass is 263 g/mol. The molecule has 2 heteroatoms. The third kappa shape index (κ3) is 2.66. The standard InChI is InChI=1S/C16H22ClN/c17-14-8-9-16-15(10-14)13(11-18-16)7-6-12-4-2-1-3-5-12/h8-10,12-13,18H,1-7,11H2. The predicted molar refractivity (Wildman–Crippen MR) is 78.5 cm³/mol. The number of benzene rings is 1. The molecule has 1 atom stereocenters. The van der Waals surface area contributed by atoms with Crippen LogP contribution in [-0.4, -0.2) is 6.54 Å². The topological polar surface area (TPSA) is 12.0 Å². The highest BCUT2D eigenvalue weighted by atomic mass is 35.5. The average molecular weight is 264 g/mol. The molecular formula is C16H22ClN. The van der Waals surface area contributed by atoms with Crippen LogP contribution in [0, 0.1) is 5.92 Å². The van der Waals surface area contributed by atoms with Gasteiger partial charge in [0.15, 0.2) is 0 Å². The van der Waals surface area contributed by atoms with E-state index >= 15 is 0 Å². The summed E-state index contributed by atoms with van der Waals surface area (Å²) in [6.07, 6.45) is 10.0. The Hall–Kier alpha value is -0.690. The predicted octanol–water partition coefficient (Wildman–Crippen LogP) is 5.21. The molecule has 1 aromatic rings. The molecule has 0 radical (unpaired) electrons. The van der Waals surface area contributed by atoms with Gasteiger partial charge in [-0.1, -0.05) is 43.7 Å². The summed E-state index contributed by atoms with van der Waals surface area (Å²) >= 11 is 6.11. The van der Waals surface area contributed by atoms with Crippen molar-refractivity contribution in [3.05, 3.63) is 28.8 Å². The zero-order chi connectivity index (χ0) is 12.4. The van der Waals surface area contributed by atoms with Gasteiger partial charge in [0.25, 0.3) is 0 Å². The van der Waals surface area contributed by atoms with Crippen LogP contribution in [0.25, 0.3) is 0 Å². The molecule has 1 heterocycles. The minimum Gasteiger partial charge on any atom is -0.384 e. The molecule has 0 aromatic heterocycles. The Bertz CT molecular complexity index is 410. The van der Waals surface area contributed by atoms with Gasteiger partial charge in [-0.05, 0) is 42.5 Å². The molecule has 3 rings (SSSR count). The fourth-order valence-corrected chi connectivity index (χ4v) is 3.73. The van der Waals surface area contributed by atoms with E-state index in [0.29, 0.717) is 5.92 Å². The van der Waals surface area contributed by atoms with Gasteiger partial charge in [0, 0.05) is 23.2 Å². The molecule has 98 valence electrons. The lowest BCUT2D eigenvalue weighted by molar-refractivity contribution is 0.325. The molecule has 0 saturated heterocycles. The molecule has 1 N–H and O–H groups in total. The van der Waals surface area contributed by atoms with Crippen LogP contribution >= 0.6 is 11.6 Å². The van der Waals surface area contributed by atoms with E-state index in [2.05, 4.69) is 17.4 Å². The Morgan fingerprint density at radius 3 is 2.78 bits per heavy atom. The largest absolute Gasteiger partial charge is 0.384 e. The van der Waals surface area contributed by atoms with E-state index in [9.17, 15) is 0 Å². The van der Waals surface area contributed by atoms with Gasteiger partial charge >= 0.3 is 0 Å². The molecule has 1 unspecified atom stereocenters. The van der Waals surface area contributed by atoms with E-state index in [4.69, 9.17) is 11.6 Å². The van der Waals surface area contributed by atoms with Crippen molar-refractivity contribution in [2.24, 2.45) is 5.92 Å². The smallest absolute Gasteiger partial charge is 0.0410 e. The Morgan fingerprint density at radius 1 is 1.11 bits per heavy atom. The molecule has 2 aliphatic rings. The van der Waals surface area contributed by atoms with Gasteiger partial charge in [-0.3, -0.25) is 0 Å². The van der Waals surface area contributed by atoms with Gasteiger partial charge in [0.1, 0.15) is 0 Å². The second kappa shape index (κ2) is 5.52. The molecule has 1 aliphatic heterocycles. The van der Waals surface area contributed by atoms with Crippen LogP contribution in [0.2, 0.25) is 5.02 Å². The van der Waals surface area contributed by atoms with Gasteiger partial charge in [-0.2, -0.15) is 0 Å². The first-order valence-corrected chi connectivity index (χ1v) is 7.74. The third-order valence-corrected chi connectivity index (χ3v) is 4.88. The second-order valence-electron chi connectivity index (χ2n) is 5.89. The number of anilines is 1. The fourth-order valence-electron chi connectivity index (χ4n) is 3.55. The summed E-state index contributed by atoms with van der Waals surface area (Å²) in [7, 11) is 0. The Kier molecular flexibility index (Phi) is 3.79. The fraction of sp³-hybridized carbons (Fsp3) is 0.625. The molecule has 1 aromatic carbocycles. The average Bonchev–Trinajstić information content (AvgIpc) is 2.80. The van der Waals surface area contributed by atoms with Gasteiger partial charge in [0.05, 0.1) is 0 Å². The zero-order valence-corrected chi connectivity index (χ0v) is 11.7. The van der Waals surface area contributed by atoms with E-state index in [-0.39, 0.29) is 0 Å². The number of nitrogens with one attached hydrogen (secondary N) is 1. The van der Waals surface area contributed by atoms with Crippen LogP contribution in [0.1, 0.15) is 56.4 Å². The molecule has 1 nitrogen and oxygen atoms in total. The van der Waals surface area contributed by atoms with Crippen molar-refractivity contribution in [1.29, 1.82) is 0 Å². The van der Waals surface area contributed by atoms with Crippen LogP contribution in [0.5, 0.6) is 0 Å². The van der Waals surface area contributed by atoms with Gasteiger partial charge in [-0.15, -0.1) is 0 Å². The molecule has 1 fully saturated rings. The first kappa shape index (κ1) is 12.3. The van der Waals surface area contributed by atoms with Crippen LogP contribution in [0.15, 0.2) is 18.2 Å². The van der Waals surface area contributed by atoms with E-state index in [1.54, 1.807) is 0 Å². The van der Waals surface area contributed by atoms with Crippen LogP contribution in [0.4, 0.5) is 5.69 Å². The van der Waals surface area contributed by atoms with Crippen LogP contribution < -0.4 is 5.32 Å². The Balaban J connectivity index is 1.60. The molecule has 0 bridgehead atoms. The van der Waals surface area contributed by atoms with Crippen molar-refractivity contribution >= 4 is 17.3 Å². The maximum atomic E-state index is 6.11. The van der Waals surface area contributed by atoms with E-state index in [1.165, 1.54) is 56.2 Å². The zero-order valence-electron chi connectivity index (χ0n) is 10.9. The van der Waals surface area contributed by atoms with Crippen molar-refractivity contribution in [2.45, 2.75) is 50.9 Å². The number of hydrogen-bond acceptors (Lipinski definition) is 1. The first-order valence-electron chi connectivity index (χ1n) is 7.36.